The van der Waals surface area contributed by atoms with E-state index in [0.29, 0.717) is 30.4 Å². The van der Waals surface area contributed by atoms with Gasteiger partial charge in [0.2, 0.25) is 11.9 Å². The molecule has 154 valence electrons. The van der Waals surface area contributed by atoms with Crippen LogP contribution in [0.3, 0.4) is 0 Å². The molecule has 7 nitrogen and oxygen atoms in total. The lowest BCUT2D eigenvalue weighted by molar-refractivity contribution is -0.142. The Hall–Kier alpha value is -1.73. The minimum atomic E-state index is 0.127. The highest BCUT2D eigenvalue weighted by atomic mass is 16.5. The van der Waals surface area contributed by atoms with Crippen molar-refractivity contribution in [2.24, 2.45) is 11.8 Å². The first-order valence-electron chi connectivity index (χ1n) is 10.7. The van der Waals surface area contributed by atoms with Gasteiger partial charge in [0.15, 0.2) is 0 Å². The number of amides is 1. The molecule has 0 aliphatic carbocycles. The van der Waals surface area contributed by atoms with E-state index in [1.165, 1.54) is 5.56 Å². The zero-order valence-electron chi connectivity index (χ0n) is 17.4. The van der Waals surface area contributed by atoms with Gasteiger partial charge >= 0.3 is 0 Å². The van der Waals surface area contributed by atoms with Gasteiger partial charge in [-0.25, -0.2) is 9.97 Å². The van der Waals surface area contributed by atoms with Gasteiger partial charge in [-0.3, -0.25) is 4.79 Å². The van der Waals surface area contributed by atoms with Crippen LogP contribution < -0.4 is 5.32 Å². The van der Waals surface area contributed by atoms with E-state index < -0.39 is 0 Å². The molecular weight excluding hydrogens is 354 g/mol. The molecule has 2 saturated heterocycles. The molecule has 3 aliphatic rings. The van der Waals surface area contributed by atoms with Gasteiger partial charge in [-0.1, -0.05) is 6.92 Å². The monoisotopic (exact) mass is 387 g/mol. The summed E-state index contributed by atoms with van der Waals surface area (Å²) >= 11 is 0. The summed E-state index contributed by atoms with van der Waals surface area (Å²) in [5.41, 5.74) is 2.17. The smallest absolute Gasteiger partial charge is 0.226 e. The van der Waals surface area contributed by atoms with Crippen LogP contribution in [0.1, 0.15) is 44.4 Å². The van der Waals surface area contributed by atoms with Crippen LogP contribution in [0.5, 0.6) is 0 Å². The van der Waals surface area contributed by atoms with E-state index in [4.69, 9.17) is 9.72 Å². The summed E-state index contributed by atoms with van der Waals surface area (Å²) in [6.07, 6.45) is 5.69. The highest BCUT2D eigenvalue weighted by Crippen LogP contribution is 2.29. The predicted octanol–water partition coefficient (Wildman–Crippen LogP) is 1.93. The normalized spacial score (nSPS) is 29.4. The van der Waals surface area contributed by atoms with E-state index >= 15 is 0 Å². The van der Waals surface area contributed by atoms with E-state index in [1.54, 1.807) is 0 Å². The molecule has 4 rings (SSSR count). The van der Waals surface area contributed by atoms with Gasteiger partial charge in [-0.15, -0.1) is 0 Å². The summed E-state index contributed by atoms with van der Waals surface area (Å²) in [5.74, 6) is 1.51. The molecule has 3 aliphatic heterocycles. The van der Waals surface area contributed by atoms with Gasteiger partial charge in [-0.2, -0.15) is 0 Å². The Kier molecular flexibility index (Phi) is 5.83. The number of fused-ring (bicyclic) bond motifs is 1. The van der Waals surface area contributed by atoms with Crippen LogP contribution in [0.25, 0.3) is 0 Å². The summed E-state index contributed by atoms with van der Waals surface area (Å²) in [6.45, 7) is 8.53. The van der Waals surface area contributed by atoms with Crippen LogP contribution >= 0.6 is 0 Å². The van der Waals surface area contributed by atoms with Gasteiger partial charge in [0.1, 0.15) is 0 Å². The number of hydrogen-bond acceptors (Lipinski definition) is 6. The number of nitrogens with zero attached hydrogens (tertiary/aromatic N) is 4. The van der Waals surface area contributed by atoms with Gasteiger partial charge in [0.05, 0.1) is 12.2 Å². The lowest BCUT2D eigenvalue weighted by Crippen LogP contribution is -2.50. The van der Waals surface area contributed by atoms with Gasteiger partial charge in [-0.05, 0) is 57.7 Å². The molecule has 1 N–H and O–H groups in total. The molecule has 0 spiro atoms. The van der Waals surface area contributed by atoms with E-state index in [9.17, 15) is 4.79 Å². The fourth-order valence-corrected chi connectivity index (χ4v) is 4.82. The number of ether oxygens (including phenoxy) is 1. The Morgan fingerprint density at radius 3 is 2.79 bits per heavy atom. The minimum Gasteiger partial charge on any atom is -0.381 e. The average Bonchev–Trinajstić information content (AvgIpc) is 2.68. The highest BCUT2D eigenvalue weighted by molar-refractivity contribution is 5.80. The summed E-state index contributed by atoms with van der Waals surface area (Å²) in [6, 6.07) is 0.567. The molecule has 0 unspecified atom stereocenters. The molecular formula is C21H33N5O2. The van der Waals surface area contributed by atoms with Crippen molar-refractivity contribution in [1.82, 2.24) is 19.8 Å². The number of carbonyl (C=O) groups is 1. The Balaban J connectivity index is 1.46. The molecule has 2 fully saturated rings. The Bertz CT molecular complexity index is 706. The van der Waals surface area contributed by atoms with Crippen molar-refractivity contribution in [3.05, 3.63) is 17.5 Å². The number of carbonyl (C=O) groups excluding carboxylic acids is 1. The third-order valence-corrected chi connectivity index (χ3v) is 6.58. The summed E-state index contributed by atoms with van der Waals surface area (Å²) < 4.78 is 5.43. The molecule has 1 aromatic rings. The summed E-state index contributed by atoms with van der Waals surface area (Å²) in [5, 5.41) is 3.45. The quantitative estimate of drug-likeness (QED) is 0.855. The van der Waals surface area contributed by atoms with Crippen molar-refractivity contribution in [3.63, 3.8) is 0 Å². The van der Waals surface area contributed by atoms with Gasteiger partial charge in [0, 0.05) is 44.0 Å². The maximum Gasteiger partial charge on any atom is 0.226 e. The second kappa shape index (κ2) is 8.33. The number of hydrogen-bond donors (Lipinski definition) is 1. The molecule has 1 aromatic heterocycles. The predicted molar refractivity (Wildman–Crippen MR) is 108 cm³/mol. The minimum absolute atomic E-state index is 0.127. The van der Waals surface area contributed by atoms with Crippen LogP contribution in [0, 0.1) is 11.8 Å². The Morgan fingerprint density at radius 1 is 1.25 bits per heavy atom. The molecule has 4 heterocycles. The number of piperidine rings is 1. The van der Waals surface area contributed by atoms with Crippen molar-refractivity contribution >= 4 is 11.9 Å². The lowest BCUT2D eigenvalue weighted by atomic mass is 9.85. The van der Waals surface area contributed by atoms with Crippen LogP contribution in [0.15, 0.2) is 6.20 Å². The molecule has 7 heteroatoms. The largest absolute Gasteiger partial charge is 0.381 e. The van der Waals surface area contributed by atoms with E-state index in [-0.39, 0.29) is 12.0 Å². The first kappa shape index (κ1) is 19.6. The first-order chi connectivity index (χ1) is 13.5. The fourth-order valence-electron chi connectivity index (χ4n) is 4.82. The molecule has 3 atom stereocenters. The molecule has 0 bridgehead atoms. The number of aromatic nitrogens is 2. The zero-order valence-corrected chi connectivity index (χ0v) is 17.4. The molecule has 0 saturated carbocycles. The third kappa shape index (κ3) is 4.15. The van der Waals surface area contributed by atoms with Crippen molar-refractivity contribution in [3.8, 4) is 0 Å². The Labute approximate surface area is 167 Å². The van der Waals surface area contributed by atoms with E-state index in [0.717, 1.165) is 57.7 Å². The summed E-state index contributed by atoms with van der Waals surface area (Å²) in [7, 11) is 2.14. The van der Waals surface area contributed by atoms with Gasteiger partial charge in [0.25, 0.3) is 0 Å². The average molecular weight is 388 g/mol. The maximum absolute atomic E-state index is 13.3. The van der Waals surface area contributed by atoms with Crippen molar-refractivity contribution in [2.45, 2.75) is 58.2 Å². The van der Waals surface area contributed by atoms with Crippen LogP contribution in [-0.4, -0.2) is 71.1 Å². The fraction of sp³-hybridized carbons (Fsp3) is 0.762. The summed E-state index contributed by atoms with van der Waals surface area (Å²) in [4.78, 5) is 27.0. The number of nitrogens with one attached hydrogen (secondary N) is 1. The second-order valence-electron chi connectivity index (χ2n) is 8.85. The van der Waals surface area contributed by atoms with Crippen LogP contribution in [0.4, 0.5) is 5.95 Å². The SMILES string of the molecule is C[C@@H]1Cc2cnc(NC3CCOCC3)nc2CN1C(=O)[C@H]1CCN(C)C[C@@H]1C. The number of anilines is 1. The van der Waals surface area contributed by atoms with E-state index in [1.807, 2.05) is 6.20 Å². The highest BCUT2D eigenvalue weighted by Gasteiger charge is 2.36. The maximum atomic E-state index is 13.3. The van der Waals surface area contributed by atoms with Crippen molar-refractivity contribution in [1.29, 1.82) is 0 Å². The molecule has 0 aromatic carbocycles. The number of likely N-dealkylation sites (tertiary alicyclic amines) is 1. The van der Waals surface area contributed by atoms with Crippen LogP contribution in [-0.2, 0) is 22.5 Å². The molecule has 0 radical (unpaired) electrons. The first-order valence-corrected chi connectivity index (χ1v) is 10.7. The van der Waals surface area contributed by atoms with Crippen molar-refractivity contribution in [2.75, 3.05) is 38.7 Å². The lowest BCUT2D eigenvalue weighted by Gasteiger charge is -2.40. The van der Waals surface area contributed by atoms with Crippen molar-refractivity contribution < 1.29 is 9.53 Å². The molecule has 1 amide bonds. The molecule has 28 heavy (non-hydrogen) atoms. The standard InChI is InChI=1S/C21H33N5O2/c1-14-12-25(3)7-4-18(14)20(27)26-13-19-16(10-15(26)2)11-22-21(24-19)23-17-5-8-28-9-6-17/h11,14-15,17-18H,4-10,12-13H2,1-3H3,(H,22,23,24)/t14-,15+,18-/m0/s1. The topological polar surface area (TPSA) is 70.6 Å². The second-order valence-corrected chi connectivity index (χ2v) is 8.85. The van der Waals surface area contributed by atoms with E-state index in [2.05, 4.69) is 41.0 Å². The van der Waals surface area contributed by atoms with Crippen LogP contribution in [0.2, 0.25) is 0 Å². The Morgan fingerprint density at radius 2 is 2.04 bits per heavy atom. The van der Waals surface area contributed by atoms with Gasteiger partial charge < -0.3 is 19.9 Å². The third-order valence-electron chi connectivity index (χ3n) is 6.58. The zero-order chi connectivity index (χ0) is 19.7. The number of rotatable bonds is 3.